The van der Waals surface area contributed by atoms with Crippen molar-refractivity contribution in [2.24, 2.45) is 0 Å². The van der Waals surface area contributed by atoms with Crippen LogP contribution >= 0.6 is 11.6 Å². The summed E-state index contributed by atoms with van der Waals surface area (Å²) in [6, 6.07) is 3.02. The van der Waals surface area contributed by atoms with Crippen molar-refractivity contribution in [1.29, 1.82) is 0 Å². The fourth-order valence-electron chi connectivity index (χ4n) is 0.489. The molecule has 0 amide bonds. The minimum atomic E-state index is -0.220. The smallest absolute Gasteiger partial charge is 0.0681 e. The highest BCUT2D eigenvalue weighted by Gasteiger charge is 1.87. The number of rotatable bonds is 1. The summed E-state index contributed by atoms with van der Waals surface area (Å²) in [5.41, 5.74) is 0.430. The molecule has 0 saturated heterocycles. The van der Waals surface area contributed by atoms with Gasteiger partial charge < -0.3 is 5.11 Å². The summed E-state index contributed by atoms with van der Waals surface area (Å²) in [7, 11) is 0. The van der Waals surface area contributed by atoms with E-state index < -0.39 is 0 Å². The fraction of sp³-hybridized carbons (Fsp3) is 0.143. The van der Waals surface area contributed by atoms with Crippen molar-refractivity contribution in [1.82, 2.24) is 0 Å². The van der Waals surface area contributed by atoms with Gasteiger partial charge in [0.1, 0.15) is 0 Å². The van der Waals surface area contributed by atoms with Gasteiger partial charge in [0, 0.05) is 5.02 Å². The SMILES string of the molecule is [2H]c1c(Cl)ccc(CO)c1[2H]. The van der Waals surface area contributed by atoms with Crippen LogP contribution in [0.1, 0.15) is 8.30 Å². The summed E-state index contributed by atoms with van der Waals surface area (Å²) in [5.74, 6) is 0. The highest BCUT2D eigenvalue weighted by molar-refractivity contribution is 6.30. The minimum absolute atomic E-state index is 0.000000000000000222. The van der Waals surface area contributed by atoms with E-state index in [1.165, 1.54) is 6.07 Å². The molecule has 0 aromatic heterocycles. The van der Waals surface area contributed by atoms with Crippen LogP contribution in [-0.2, 0) is 6.61 Å². The number of benzene rings is 1. The van der Waals surface area contributed by atoms with Gasteiger partial charge in [-0.05, 0) is 17.7 Å². The standard InChI is InChI=1S/C7H7ClO/c8-7-3-1-6(5-9)2-4-7/h1-4,9H,5H2/i1D,3D. The molecule has 0 heterocycles. The summed E-state index contributed by atoms with van der Waals surface area (Å²) in [6.45, 7) is -0.220. The van der Waals surface area contributed by atoms with Crippen molar-refractivity contribution in [3.8, 4) is 0 Å². The predicted molar refractivity (Wildman–Crippen MR) is 37.4 cm³/mol. The van der Waals surface area contributed by atoms with Crippen molar-refractivity contribution in [3.05, 3.63) is 34.8 Å². The zero-order valence-electron chi connectivity index (χ0n) is 6.69. The summed E-state index contributed by atoms with van der Waals surface area (Å²) < 4.78 is 14.6. The van der Waals surface area contributed by atoms with Crippen LogP contribution in [-0.4, -0.2) is 5.11 Å². The first-order chi connectivity index (χ1) is 5.16. The van der Waals surface area contributed by atoms with Crippen molar-refractivity contribution in [2.75, 3.05) is 0 Å². The molecule has 0 radical (unpaired) electrons. The molecule has 1 aromatic carbocycles. The van der Waals surface area contributed by atoms with E-state index in [0.29, 0.717) is 5.56 Å². The summed E-state index contributed by atoms with van der Waals surface area (Å²) in [6.07, 6.45) is 0. The van der Waals surface area contributed by atoms with Crippen LogP contribution in [0.25, 0.3) is 0 Å². The van der Waals surface area contributed by atoms with Crippen LogP contribution in [0.5, 0.6) is 0 Å². The monoisotopic (exact) mass is 144 g/mol. The van der Waals surface area contributed by atoms with Gasteiger partial charge in [0.15, 0.2) is 0 Å². The van der Waals surface area contributed by atoms with Crippen molar-refractivity contribution < 1.29 is 7.85 Å². The van der Waals surface area contributed by atoms with Crippen molar-refractivity contribution in [2.45, 2.75) is 6.61 Å². The second-order valence-electron chi connectivity index (χ2n) is 1.61. The predicted octanol–water partition coefficient (Wildman–Crippen LogP) is 1.83. The average Bonchev–Trinajstić information content (AvgIpc) is 2.01. The molecule has 1 aromatic rings. The van der Waals surface area contributed by atoms with Crippen LogP contribution < -0.4 is 0 Å². The van der Waals surface area contributed by atoms with Crippen LogP contribution in [0.2, 0.25) is 5.02 Å². The van der Waals surface area contributed by atoms with Gasteiger partial charge in [-0.1, -0.05) is 23.7 Å². The Morgan fingerprint density at radius 3 is 3.00 bits per heavy atom. The Morgan fingerprint density at radius 1 is 1.56 bits per heavy atom. The number of halogens is 1. The largest absolute Gasteiger partial charge is 0.392 e. The Morgan fingerprint density at radius 2 is 2.33 bits per heavy atom. The second-order valence-corrected chi connectivity index (χ2v) is 2.02. The Hall–Kier alpha value is -0.530. The van der Waals surface area contributed by atoms with Gasteiger partial charge in [-0.15, -0.1) is 0 Å². The third kappa shape index (κ3) is 1.70. The van der Waals surface area contributed by atoms with E-state index in [-0.39, 0.29) is 23.7 Å². The molecular formula is C7H7ClO. The van der Waals surface area contributed by atoms with Crippen molar-refractivity contribution >= 4 is 11.6 Å². The molecule has 0 spiro atoms. The average molecular weight is 145 g/mol. The van der Waals surface area contributed by atoms with Gasteiger partial charge in [-0.2, -0.15) is 0 Å². The van der Waals surface area contributed by atoms with Crippen LogP contribution in [0.15, 0.2) is 24.2 Å². The van der Waals surface area contributed by atoms with Gasteiger partial charge in [-0.3, -0.25) is 0 Å². The maximum absolute atomic E-state index is 8.69. The Kier molecular flexibility index (Phi) is 1.37. The van der Waals surface area contributed by atoms with E-state index in [0.717, 1.165) is 0 Å². The van der Waals surface area contributed by atoms with E-state index >= 15 is 0 Å². The Balaban J connectivity index is 3.25. The zero-order valence-corrected chi connectivity index (χ0v) is 5.44. The third-order valence-corrected chi connectivity index (χ3v) is 1.16. The first-order valence-corrected chi connectivity index (χ1v) is 2.90. The van der Waals surface area contributed by atoms with Gasteiger partial charge in [0.25, 0.3) is 0 Å². The first-order valence-electron chi connectivity index (χ1n) is 3.52. The Bertz CT molecular complexity index is 275. The van der Waals surface area contributed by atoms with Crippen LogP contribution in [0, 0.1) is 0 Å². The highest BCUT2D eigenvalue weighted by atomic mass is 35.5. The summed E-state index contributed by atoms with van der Waals surface area (Å²) in [5, 5.41) is 8.93. The molecule has 0 aliphatic rings. The molecular weight excluding hydrogens is 136 g/mol. The van der Waals surface area contributed by atoms with Crippen LogP contribution in [0.3, 0.4) is 0 Å². The van der Waals surface area contributed by atoms with Gasteiger partial charge in [-0.25, -0.2) is 0 Å². The third-order valence-electron chi connectivity index (χ3n) is 0.944. The molecule has 0 saturated carbocycles. The fourth-order valence-corrected chi connectivity index (χ4v) is 0.600. The van der Waals surface area contributed by atoms with E-state index in [4.69, 9.17) is 19.4 Å². The molecule has 9 heavy (non-hydrogen) atoms. The molecule has 0 bridgehead atoms. The molecule has 48 valence electrons. The maximum Gasteiger partial charge on any atom is 0.0681 e. The van der Waals surface area contributed by atoms with Crippen LogP contribution in [0.4, 0.5) is 0 Å². The number of hydrogen-bond donors (Lipinski definition) is 1. The molecule has 1 rings (SSSR count). The number of aliphatic hydroxyl groups excluding tert-OH is 1. The number of hydrogen-bond acceptors (Lipinski definition) is 1. The second kappa shape index (κ2) is 2.85. The van der Waals surface area contributed by atoms with E-state index in [9.17, 15) is 0 Å². The normalized spacial score (nSPS) is 12.7. The molecule has 0 aliphatic heterocycles. The van der Waals surface area contributed by atoms with Crippen molar-refractivity contribution in [3.63, 3.8) is 0 Å². The van der Waals surface area contributed by atoms with Gasteiger partial charge >= 0.3 is 0 Å². The topological polar surface area (TPSA) is 20.2 Å². The lowest BCUT2D eigenvalue weighted by Gasteiger charge is -1.92. The molecule has 0 unspecified atom stereocenters. The van der Waals surface area contributed by atoms with E-state index in [1.807, 2.05) is 0 Å². The molecule has 0 atom stereocenters. The molecule has 0 aliphatic carbocycles. The Labute approximate surface area is 61.7 Å². The maximum atomic E-state index is 8.69. The lowest BCUT2D eigenvalue weighted by Crippen LogP contribution is -1.79. The van der Waals surface area contributed by atoms with E-state index in [2.05, 4.69) is 0 Å². The van der Waals surface area contributed by atoms with Gasteiger partial charge in [0.2, 0.25) is 0 Å². The van der Waals surface area contributed by atoms with Gasteiger partial charge in [0.05, 0.1) is 9.35 Å². The molecule has 1 N–H and O–H groups in total. The number of aliphatic hydroxyl groups is 1. The summed E-state index contributed by atoms with van der Waals surface area (Å²) in [4.78, 5) is 0. The quantitative estimate of drug-likeness (QED) is 0.638. The zero-order chi connectivity index (χ0) is 8.43. The lowest BCUT2D eigenvalue weighted by molar-refractivity contribution is 0.282. The molecule has 0 fully saturated rings. The first kappa shape index (κ1) is 4.31. The lowest BCUT2D eigenvalue weighted by atomic mass is 10.2. The summed E-state index contributed by atoms with van der Waals surface area (Å²) >= 11 is 5.55. The molecule has 2 heteroatoms. The minimum Gasteiger partial charge on any atom is -0.392 e. The highest BCUT2D eigenvalue weighted by Crippen LogP contribution is 2.08. The molecule has 1 nitrogen and oxygen atoms in total. The van der Waals surface area contributed by atoms with E-state index in [1.54, 1.807) is 6.07 Å².